The maximum absolute atomic E-state index is 12.4. The minimum Gasteiger partial charge on any atom is -0.493 e. The van der Waals surface area contributed by atoms with Gasteiger partial charge in [-0.15, -0.1) is 0 Å². The molecule has 3 heterocycles. The number of amides is 1. The largest absolute Gasteiger partial charge is 0.493 e. The number of nitrogens with zero attached hydrogens (tertiary/aromatic N) is 4. The first-order valence-electron chi connectivity index (χ1n) is 10.2. The van der Waals surface area contributed by atoms with E-state index in [1.54, 1.807) is 30.3 Å². The molecule has 4 rings (SSSR count). The zero-order valence-corrected chi connectivity index (χ0v) is 17.9. The monoisotopic (exact) mass is 447 g/mol. The van der Waals surface area contributed by atoms with Gasteiger partial charge < -0.3 is 24.7 Å². The molecule has 0 aliphatic carbocycles. The Morgan fingerprint density at radius 2 is 2.09 bits per heavy atom. The number of aromatic nitrogens is 3. The second-order valence-electron chi connectivity index (χ2n) is 7.13. The summed E-state index contributed by atoms with van der Waals surface area (Å²) < 4.78 is 22.9. The molecule has 1 atom stereocenters. The van der Waals surface area contributed by atoms with E-state index in [1.807, 2.05) is 6.07 Å². The molecule has 0 spiro atoms. The first-order valence-corrected chi connectivity index (χ1v) is 10.2. The number of nitrogens with two attached hydrogens (primary N) is 1. The van der Waals surface area contributed by atoms with E-state index in [2.05, 4.69) is 15.0 Å². The van der Waals surface area contributed by atoms with Crippen LogP contribution in [0.1, 0.15) is 29.0 Å². The summed E-state index contributed by atoms with van der Waals surface area (Å²) in [5, 5.41) is 9.17. The summed E-state index contributed by atoms with van der Waals surface area (Å²) in [6, 6.07) is 12.0. The van der Waals surface area contributed by atoms with E-state index in [0.717, 1.165) is 12.8 Å². The molecule has 1 fully saturated rings. The summed E-state index contributed by atoms with van der Waals surface area (Å²) in [4.78, 5) is 25.1. The standard InChI is InChI=1S/C23H21N5O5/c1-30-17-6-2-3-7-18(17)33-20-19(21(25)29)27-22(14-8-9-26-15(11-14)12-24)28-23(20)32-13-16-5-4-10-31-16/h2-3,6-9,11,16H,4-5,10,13H2,1H3,(H2,25,29). The van der Waals surface area contributed by atoms with Crippen LogP contribution in [-0.4, -0.2) is 47.3 Å². The van der Waals surface area contributed by atoms with Crippen LogP contribution in [0.4, 0.5) is 0 Å². The lowest BCUT2D eigenvalue weighted by Crippen LogP contribution is -2.20. The van der Waals surface area contributed by atoms with Gasteiger partial charge in [-0.3, -0.25) is 4.79 Å². The number of benzene rings is 1. The maximum atomic E-state index is 12.4. The third-order valence-electron chi connectivity index (χ3n) is 4.91. The van der Waals surface area contributed by atoms with Crippen LogP contribution in [-0.2, 0) is 4.74 Å². The minimum absolute atomic E-state index is 0.0190. The molecular formula is C23H21N5O5. The van der Waals surface area contributed by atoms with E-state index in [-0.39, 0.29) is 41.6 Å². The average Bonchev–Trinajstić information content (AvgIpc) is 3.37. The average molecular weight is 447 g/mol. The van der Waals surface area contributed by atoms with Crippen LogP contribution >= 0.6 is 0 Å². The fourth-order valence-corrected chi connectivity index (χ4v) is 3.31. The highest BCUT2D eigenvalue weighted by molar-refractivity contribution is 5.95. The highest BCUT2D eigenvalue weighted by Gasteiger charge is 2.25. The van der Waals surface area contributed by atoms with Crippen LogP contribution < -0.4 is 19.9 Å². The number of primary amides is 1. The predicted molar refractivity (Wildman–Crippen MR) is 116 cm³/mol. The van der Waals surface area contributed by atoms with E-state index >= 15 is 0 Å². The molecule has 33 heavy (non-hydrogen) atoms. The number of ether oxygens (including phenoxy) is 4. The quantitative estimate of drug-likeness (QED) is 0.551. The van der Waals surface area contributed by atoms with E-state index in [4.69, 9.17) is 24.7 Å². The molecule has 1 saturated heterocycles. The minimum atomic E-state index is -0.833. The highest BCUT2D eigenvalue weighted by Crippen LogP contribution is 2.38. The molecule has 1 aromatic carbocycles. The second-order valence-corrected chi connectivity index (χ2v) is 7.13. The van der Waals surface area contributed by atoms with Gasteiger partial charge in [-0.2, -0.15) is 10.2 Å². The Morgan fingerprint density at radius 1 is 1.27 bits per heavy atom. The van der Waals surface area contributed by atoms with E-state index in [1.165, 1.54) is 19.4 Å². The Hall–Kier alpha value is -4.23. The van der Waals surface area contributed by atoms with Crippen molar-refractivity contribution in [3.05, 3.63) is 54.0 Å². The molecule has 1 aliphatic rings. The predicted octanol–water partition coefficient (Wildman–Crippen LogP) is 2.87. The molecule has 3 aromatic rings. The fraction of sp³-hybridized carbons (Fsp3) is 0.261. The van der Waals surface area contributed by atoms with Gasteiger partial charge in [0.15, 0.2) is 23.0 Å². The Labute approximate surface area is 189 Å². The molecule has 10 heteroatoms. The summed E-state index contributed by atoms with van der Waals surface area (Å²) in [6.07, 6.45) is 3.13. The van der Waals surface area contributed by atoms with Gasteiger partial charge in [0.2, 0.25) is 5.75 Å². The van der Waals surface area contributed by atoms with Crippen molar-refractivity contribution in [3.8, 4) is 40.6 Å². The Balaban J connectivity index is 1.81. The SMILES string of the molecule is COc1ccccc1Oc1c(OCC2CCCO2)nc(-c2ccnc(C#N)c2)nc1C(N)=O. The summed E-state index contributed by atoms with van der Waals surface area (Å²) in [5.74, 6) is 0.0534. The van der Waals surface area contributed by atoms with E-state index in [9.17, 15) is 10.1 Å². The van der Waals surface area contributed by atoms with Crippen molar-refractivity contribution in [2.75, 3.05) is 20.3 Å². The van der Waals surface area contributed by atoms with Crippen LogP contribution in [0.5, 0.6) is 23.1 Å². The number of nitriles is 1. The number of para-hydroxylation sites is 2. The van der Waals surface area contributed by atoms with Gasteiger partial charge in [-0.1, -0.05) is 12.1 Å². The van der Waals surface area contributed by atoms with E-state index in [0.29, 0.717) is 23.7 Å². The van der Waals surface area contributed by atoms with Crippen LogP contribution in [0.25, 0.3) is 11.4 Å². The van der Waals surface area contributed by atoms with Gasteiger partial charge in [0.1, 0.15) is 18.4 Å². The maximum Gasteiger partial charge on any atom is 0.271 e. The van der Waals surface area contributed by atoms with Crippen LogP contribution in [0.3, 0.4) is 0 Å². The van der Waals surface area contributed by atoms with Crippen molar-refractivity contribution in [1.82, 2.24) is 15.0 Å². The Bertz CT molecular complexity index is 1200. The van der Waals surface area contributed by atoms with Crippen molar-refractivity contribution < 1.29 is 23.7 Å². The summed E-state index contributed by atoms with van der Waals surface area (Å²) in [6.45, 7) is 0.866. The summed E-state index contributed by atoms with van der Waals surface area (Å²) in [7, 11) is 1.50. The van der Waals surface area contributed by atoms with E-state index < -0.39 is 5.91 Å². The molecule has 0 radical (unpaired) electrons. The summed E-state index contributed by atoms with van der Waals surface area (Å²) >= 11 is 0. The molecule has 1 aliphatic heterocycles. The number of pyridine rings is 1. The number of hydrogen-bond donors (Lipinski definition) is 1. The topological polar surface area (TPSA) is 142 Å². The first-order chi connectivity index (χ1) is 16.1. The van der Waals surface area contributed by atoms with Gasteiger partial charge in [-0.25, -0.2) is 9.97 Å². The Kier molecular flexibility index (Phi) is 6.61. The van der Waals surface area contributed by atoms with Crippen LogP contribution in [0, 0.1) is 11.3 Å². The number of rotatable bonds is 8. The molecule has 2 aromatic heterocycles. The Morgan fingerprint density at radius 3 is 2.79 bits per heavy atom. The molecule has 10 nitrogen and oxygen atoms in total. The molecule has 1 unspecified atom stereocenters. The highest BCUT2D eigenvalue weighted by atomic mass is 16.6. The van der Waals surface area contributed by atoms with Crippen molar-refractivity contribution in [3.63, 3.8) is 0 Å². The lowest BCUT2D eigenvalue weighted by Gasteiger charge is -2.17. The van der Waals surface area contributed by atoms with Gasteiger partial charge in [-0.05, 0) is 37.1 Å². The third kappa shape index (κ3) is 4.99. The zero-order valence-electron chi connectivity index (χ0n) is 17.9. The number of hydrogen-bond acceptors (Lipinski definition) is 9. The van der Waals surface area contributed by atoms with Crippen molar-refractivity contribution >= 4 is 5.91 Å². The molecule has 2 N–H and O–H groups in total. The van der Waals surface area contributed by atoms with Crippen molar-refractivity contribution in [2.24, 2.45) is 5.73 Å². The second kappa shape index (κ2) is 9.93. The molecule has 0 saturated carbocycles. The fourth-order valence-electron chi connectivity index (χ4n) is 3.31. The summed E-state index contributed by atoms with van der Waals surface area (Å²) in [5.41, 5.74) is 6.11. The number of carbonyl (C=O) groups is 1. The molecule has 0 bridgehead atoms. The number of carbonyl (C=O) groups excluding carboxylic acids is 1. The number of methoxy groups -OCH3 is 1. The third-order valence-corrected chi connectivity index (χ3v) is 4.91. The van der Waals surface area contributed by atoms with Gasteiger partial charge in [0.05, 0.1) is 13.2 Å². The van der Waals surface area contributed by atoms with Gasteiger partial charge in [0, 0.05) is 18.4 Å². The van der Waals surface area contributed by atoms with Gasteiger partial charge >= 0.3 is 0 Å². The van der Waals surface area contributed by atoms with Crippen LogP contribution in [0.15, 0.2) is 42.6 Å². The van der Waals surface area contributed by atoms with Crippen molar-refractivity contribution in [1.29, 1.82) is 5.26 Å². The molecule has 168 valence electrons. The van der Waals surface area contributed by atoms with Gasteiger partial charge in [0.25, 0.3) is 11.8 Å². The first kappa shape index (κ1) is 22.0. The molecular weight excluding hydrogens is 426 g/mol. The van der Waals surface area contributed by atoms with Crippen LogP contribution in [0.2, 0.25) is 0 Å². The normalized spacial score (nSPS) is 15.0. The smallest absolute Gasteiger partial charge is 0.271 e. The molecule has 1 amide bonds. The lowest BCUT2D eigenvalue weighted by molar-refractivity contribution is 0.0653. The zero-order chi connectivity index (χ0) is 23.2. The van der Waals surface area contributed by atoms with Crippen molar-refractivity contribution in [2.45, 2.75) is 18.9 Å². The lowest BCUT2D eigenvalue weighted by atomic mass is 10.2.